The van der Waals surface area contributed by atoms with Crippen molar-refractivity contribution in [1.82, 2.24) is 5.43 Å². The van der Waals surface area contributed by atoms with Crippen molar-refractivity contribution in [2.75, 3.05) is 0 Å². The van der Waals surface area contributed by atoms with Gasteiger partial charge in [-0.3, -0.25) is 4.79 Å². The zero-order chi connectivity index (χ0) is 11.9. The summed E-state index contributed by atoms with van der Waals surface area (Å²) < 4.78 is 5.09. The Kier molecular flexibility index (Phi) is 3.88. The molecule has 5 heteroatoms. The van der Waals surface area contributed by atoms with Crippen LogP contribution in [0.4, 0.5) is 0 Å². The third-order valence-electron chi connectivity index (χ3n) is 1.88. The van der Waals surface area contributed by atoms with Gasteiger partial charge in [-0.25, -0.2) is 5.43 Å². The van der Waals surface area contributed by atoms with E-state index in [0.717, 1.165) is 5.76 Å². The molecule has 86 valence electrons. The van der Waals surface area contributed by atoms with Crippen LogP contribution in [0.15, 0.2) is 51.5 Å². The number of hydrogen-bond acceptors (Lipinski definition) is 4. The van der Waals surface area contributed by atoms with E-state index in [1.807, 2.05) is 17.5 Å². The van der Waals surface area contributed by atoms with Crippen LogP contribution >= 0.6 is 11.3 Å². The second-order valence-corrected chi connectivity index (χ2v) is 4.02. The van der Waals surface area contributed by atoms with Crippen molar-refractivity contribution in [3.05, 3.63) is 52.6 Å². The highest BCUT2D eigenvalue weighted by Crippen LogP contribution is 2.07. The smallest absolute Gasteiger partial charge is 0.281 e. The number of allylic oxidation sites excluding steroid dienone is 1. The fourth-order valence-electron chi connectivity index (χ4n) is 1.13. The molecule has 2 heterocycles. The van der Waals surface area contributed by atoms with Crippen molar-refractivity contribution in [3.8, 4) is 0 Å². The molecule has 0 aliphatic heterocycles. The molecule has 0 saturated carbocycles. The van der Waals surface area contributed by atoms with Crippen LogP contribution in [0.2, 0.25) is 0 Å². The Morgan fingerprint density at radius 1 is 1.41 bits per heavy atom. The number of hydrazone groups is 1. The normalized spacial score (nSPS) is 11.3. The Morgan fingerprint density at radius 2 is 2.35 bits per heavy atom. The van der Waals surface area contributed by atoms with E-state index in [4.69, 9.17) is 4.42 Å². The van der Waals surface area contributed by atoms with Gasteiger partial charge in [0.15, 0.2) is 0 Å². The molecule has 0 radical (unpaired) electrons. The van der Waals surface area contributed by atoms with E-state index in [9.17, 15) is 4.79 Å². The van der Waals surface area contributed by atoms with Gasteiger partial charge >= 0.3 is 0 Å². The molecule has 0 unspecified atom stereocenters. The predicted molar refractivity (Wildman–Crippen MR) is 68.0 cm³/mol. The Hall–Kier alpha value is -2.14. The van der Waals surface area contributed by atoms with Gasteiger partial charge in [0.1, 0.15) is 5.76 Å². The summed E-state index contributed by atoms with van der Waals surface area (Å²) >= 11 is 1.37. The fraction of sp³-hybridized carbons (Fsp3) is 0. The molecule has 0 aliphatic carbocycles. The third kappa shape index (κ3) is 3.42. The van der Waals surface area contributed by atoms with Crippen LogP contribution in [0.3, 0.4) is 0 Å². The number of nitrogens with one attached hydrogen (secondary N) is 1. The summed E-state index contributed by atoms with van der Waals surface area (Å²) in [5.74, 6) is 0.531. The molecule has 0 bridgehead atoms. The average molecular weight is 246 g/mol. The summed E-state index contributed by atoms with van der Waals surface area (Å²) in [5.41, 5.74) is 2.42. The van der Waals surface area contributed by atoms with Gasteiger partial charge in [-0.05, 0) is 35.7 Å². The molecule has 1 amide bonds. The zero-order valence-corrected chi connectivity index (χ0v) is 9.68. The highest BCUT2D eigenvalue weighted by molar-refractivity contribution is 7.12. The van der Waals surface area contributed by atoms with Crippen molar-refractivity contribution in [2.24, 2.45) is 5.10 Å². The lowest BCUT2D eigenvalue weighted by Gasteiger charge is -1.93. The molecule has 0 atom stereocenters. The molecular formula is C12H10N2O2S. The summed E-state index contributed by atoms with van der Waals surface area (Å²) in [7, 11) is 0. The summed E-state index contributed by atoms with van der Waals surface area (Å²) in [5, 5.41) is 5.62. The summed E-state index contributed by atoms with van der Waals surface area (Å²) in [6.45, 7) is 0. The molecule has 2 aromatic heterocycles. The molecule has 17 heavy (non-hydrogen) atoms. The standard InChI is InChI=1S/C12H10N2O2S/c15-12(11-6-3-9-17-11)14-13-7-1-4-10-5-2-8-16-10/h1-9H,(H,14,15)/b4-1+,13-7-. The number of carbonyl (C=O) groups excluding carboxylic acids is 1. The van der Waals surface area contributed by atoms with Crippen molar-refractivity contribution >= 4 is 29.5 Å². The van der Waals surface area contributed by atoms with Gasteiger partial charge in [0.05, 0.1) is 11.1 Å². The van der Waals surface area contributed by atoms with Crippen molar-refractivity contribution in [3.63, 3.8) is 0 Å². The maximum atomic E-state index is 11.4. The van der Waals surface area contributed by atoms with E-state index < -0.39 is 0 Å². The van der Waals surface area contributed by atoms with E-state index in [0.29, 0.717) is 4.88 Å². The number of thiophene rings is 1. The summed E-state index contributed by atoms with van der Waals surface area (Å²) in [4.78, 5) is 12.1. The highest BCUT2D eigenvalue weighted by Gasteiger charge is 2.02. The topological polar surface area (TPSA) is 54.6 Å². The molecule has 0 fully saturated rings. The van der Waals surface area contributed by atoms with Gasteiger partial charge < -0.3 is 4.42 Å². The van der Waals surface area contributed by atoms with Gasteiger partial charge in [-0.15, -0.1) is 11.3 Å². The van der Waals surface area contributed by atoms with Crippen LogP contribution < -0.4 is 5.43 Å². The minimum absolute atomic E-state index is 0.206. The molecule has 1 N–H and O–H groups in total. The van der Waals surface area contributed by atoms with Crippen LogP contribution in [-0.4, -0.2) is 12.1 Å². The Bertz CT molecular complexity index is 513. The SMILES string of the molecule is O=C(N/N=C\C=C\c1ccco1)c1cccs1. The summed E-state index contributed by atoms with van der Waals surface area (Å²) in [6.07, 6.45) is 6.53. The molecule has 2 aromatic rings. The lowest BCUT2D eigenvalue weighted by atomic mass is 10.4. The van der Waals surface area contributed by atoms with Crippen molar-refractivity contribution in [1.29, 1.82) is 0 Å². The van der Waals surface area contributed by atoms with Crippen molar-refractivity contribution < 1.29 is 9.21 Å². The number of furan rings is 1. The van der Waals surface area contributed by atoms with Gasteiger partial charge in [-0.1, -0.05) is 6.07 Å². The first-order chi connectivity index (χ1) is 8.36. The molecule has 0 saturated heterocycles. The van der Waals surface area contributed by atoms with E-state index >= 15 is 0 Å². The second-order valence-electron chi connectivity index (χ2n) is 3.07. The van der Waals surface area contributed by atoms with E-state index in [1.54, 1.807) is 30.5 Å². The summed E-state index contributed by atoms with van der Waals surface area (Å²) in [6, 6.07) is 7.19. The van der Waals surface area contributed by atoms with Crippen LogP contribution in [-0.2, 0) is 0 Å². The highest BCUT2D eigenvalue weighted by atomic mass is 32.1. The Labute approximate surface area is 102 Å². The molecule has 0 aliphatic rings. The zero-order valence-electron chi connectivity index (χ0n) is 8.87. The molecule has 0 spiro atoms. The monoisotopic (exact) mass is 246 g/mol. The minimum Gasteiger partial charge on any atom is -0.465 e. The molecule has 2 rings (SSSR count). The lowest BCUT2D eigenvalue weighted by Crippen LogP contribution is -2.15. The van der Waals surface area contributed by atoms with Crippen LogP contribution in [0.5, 0.6) is 0 Å². The van der Waals surface area contributed by atoms with Crippen LogP contribution in [0, 0.1) is 0 Å². The Balaban J connectivity index is 1.80. The number of amides is 1. The number of carbonyl (C=O) groups is 1. The van der Waals surface area contributed by atoms with Gasteiger partial charge in [0.25, 0.3) is 5.91 Å². The molecule has 0 aromatic carbocycles. The first-order valence-electron chi connectivity index (χ1n) is 4.93. The first kappa shape index (κ1) is 11.3. The van der Waals surface area contributed by atoms with E-state index in [2.05, 4.69) is 10.5 Å². The van der Waals surface area contributed by atoms with Crippen LogP contribution in [0.25, 0.3) is 6.08 Å². The third-order valence-corrected chi connectivity index (χ3v) is 2.74. The van der Waals surface area contributed by atoms with Crippen LogP contribution in [0.1, 0.15) is 15.4 Å². The van der Waals surface area contributed by atoms with Crippen molar-refractivity contribution in [2.45, 2.75) is 0 Å². The number of nitrogens with zero attached hydrogens (tertiary/aromatic N) is 1. The first-order valence-corrected chi connectivity index (χ1v) is 5.81. The van der Waals surface area contributed by atoms with Gasteiger partial charge in [0, 0.05) is 6.21 Å². The largest absolute Gasteiger partial charge is 0.465 e. The maximum Gasteiger partial charge on any atom is 0.281 e. The number of hydrogen-bond donors (Lipinski definition) is 1. The average Bonchev–Trinajstić information content (AvgIpc) is 3.01. The lowest BCUT2D eigenvalue weighted by molar-refractivity contribution is 0.0959. The number of rotatable bonds is 4. The van der Waals surface area contributed by atoms with Gasteiger partial charge in [-0.2, -0.15) is 5.10 Å². The van der Waals surface area contributed by atoms with Gasteiger partial charge in [0.2, 0.25) is 0 Å². The van der Waals surface area contributed by atoms with E-state index in [-0.39, 0.29) is 5.91 Å². The minimum atomic E-state index is -0.206. The quantitative estimate of drug-likeness (QED) is 0.666. The van der Waals surface area contributed by atoms with E-state index in [1.165, 1.54) is 17.6 Å². The fourth-order valence-corrected chi connectivity index (χ4v) is 1.74. The molecular weight excluding hydrogens is 236 g/mol. The predicted octanol–water partition coefficient (Wildman–Crippen LogP) is 2.77. The maximum absolute atomic E-state index is 11.4. The Morgan fingerprint density at radius 3 is 3.06 bits per heavy atom. The second kappa shape index (κ2) is 5.81. The molecule has 4 nitrogen and oxygen atoms in total.